The Morgan fingerprint density at radius 3 is 2.88 bits per heavy atom. The number of ether oxygens (including phenoxy) is 2. The van der Waals surface area contributed by atoms with E-state index in [1.807, 2.05) is 0 Å². The number of hydrogen-bond donors (Lipinski definition) is 3. The first kappa shape index (κ1) is 24.1. The second kappa shape index (κ2) is 10.0. The normalized spacial score (nSPS) is 25.3. The molecule has 0 aromatic carbocycles. The molecule has 0 amide bonds. The highest BCUT2D eigenvalue weighted by Crippen LogP contribution is 2.40. The van der Waals surface area contributed by atoms with Crippen molar-refractivity contribution in [3.8, 4) is 5.82 Å². The fourth-order valence-corrected chi connectivity index (χ4v) is 5.37. The third-order valence-electron chi connectivity index (χ3n) is 4.96. The van der Waals surface area contributed by atoms with Crippen molar-refractivity contribution >= 4 is 45.3 Å². The highest BCUT2D eigenvalue weighted by Gasteiger charge is 2.47. The van der Waals surface area contributed by atoms with E-state index in [1.54, 1.807) is 24.5 Å². The Labute approximate surface area is 204 Å². The quantitative estimate of drug-likeness (QED) is 0.383. The zero-order chi connectivity index (χ0) is 23.7. The number of pyridine rings is 1. The maximum absolute atomic E-state index is 11.6. The number of halogens is 2. The average molecular weight is 562 g/mol. The monoisotopic (exact) mass is 560 g/mol. The van der Waals surface area contributed by atoms with Gasteiger partial charge in [-0.1, -0.05) is 28.6 Å². The number of rotatable bonds is 7. The second-order valence-corrected chi connectivity index (χ2v) is 9.41. The fourth-order valence-electron chi connectivity index (χ4n) is 3.45. The van der Waals surface area contributed by atoms with Crippen molar-refractivity contribution in [3.05, 3.63) is 46.0 Å². The topological polar surface area (TPSA) is 158 Å². The molecule has 1 saturated heterocycles. The summed E-state index contributed by atoms with van der Waals surface area (Å²) in [5.74, 6) is -0.853. The Morgan fingerprint density at radius 1 is 1.45 bits per heavy atom. The van der Waals surface area contributed by atoms with Gasteiger partial charge >= 0.3 is 5.97 Å². The van der Waals surface area contributed by atoms with Crippen LogP contribution in [0.25, 0.3) is 5.82 Å². The van der Waals surface area contributed by atoms with Gasteiger partial charge in [0, 0.05) is 28.9 Å². The van der Waals surface area contributed by atoms with Crippen LogP contribution in [-0.4, -0.2) is 88.5 Å². The molecule has 0 aliphatic carbocycles. The molecular formula is C18H18BrClN6O6S. The molecule has 0 bridgehead atoms. The highest BCUT2D eigenvalue weighted by atomic mass is 79.9. The van der Waals surface area contributed by atoms with Crippen LogP contribution in [0.4, 0.5) is 0 Å². The Balaban J connectivity index is 1.69. The summed E-state index contributed by atoms with van der Waals surface area (Å²) < 4.78 is 14.9. The molecule has 1 aliphatic heterocycles. The van der Waals surface area contributed by atoms with Gasteiger partial charge in [-0.25, -0.2) is 19.1 Å². The molecule has 176 valence electrons. The van der Waals surface area contributed by atoms with E-state index in [0.717, 1.165) is 11.8 Å². The summed E-state index contributed by atoms with van der Waals surface area (Å²) in [7, 11) is 1.43. The lowest BCUT2D eigenvalue weighted by molar-refractivity contribution is -0.186. The zero-order valence-corrected chi connectivity index (χ0v) is 20.1. The summed E-state index contributed by atoms with van der Waals surface area (Å²) in [5, 5.41) is 42.8. The first-order valence-electron chi connectivity index (χ1n) is 9.48. The summed E-state index contributed by atoms with van der Waals surface area (Å²) in [6, 6.07) is 2.36. The predicted octanol–water partition coefficient (Wildman–Crippen LogP) is 1.40. The number of aromatic carboxylic acids is 1. The Bertz CT molecular complexity index is 1150. The largest absolute Gasteiger partial charge is 0.476 e. The van der Waals surface area contributed by atoms with Crippen LogP contribution in [0.2, 0.25) is 5.15 Å². The van der Waals surface area contributed by atoms with E-state index in [-0.39, 0.29) is 10.8 Å². The van der Waals surface area contributed by atoms with Crippen LogP contribution in [0.1, 0.15) is 16.5 Å². The predicted molar refractivity (Wildman–Crippen MR) is 118 cm³/mol. The molecule has 12 nitrogen and oxygen atoms in total. The lowest BCUT2D eigenvalue weighted by atomic mass is 9.97. The minimum atomic E-state index is -1.20. The van der Waals surface area contributed by atoms with Crippen molar-refractivity contribution < 1.29 is 29.6 Å². The van der Waals surface area contributed by atoms with E-state index in [4.69, 9.17) is 21.1 Å². The number of carboxylic acids is 1. The van der Waals surface area contributed by atoms with Gasteiger partial charge in [-0.05, 0) is 28.1 Å². The van der Waals surface area contributed by atoms with E-state index in [1.165, 1.54) is 22.7 Å². The van der Waals surface area contributed by atoms with Crippen LogP contribution in [0.3, 0.4) is 0 Å². The molecule has 1 aliphatic rings. The van der Waals surface area contributed by atoms with E-state index >= 15 is 0 Å². The SMILES string of the molecule is COC1[C@@H](Sc2cc(Br)cnc2C(=O)O)OC(CO)[C@H](O)[C@@H]1n1cc(-n2ccc(Cl)n2)nn1. The van der Waals surface area contributed by atoms with E-state index < -0.39 is 42.4 Å². The zero-order valence-electron chi connectivity index (χ0n) is 16.9. The molecule has 4 heterocycles. The number of aliphatic hydroxyl groups excluding tert-OH is 2. The van der Waals surface area contributed by atoms with Gasteiger partial charge in [0.2, 0.25) is 0 Å². The lowest BCUT2D eigenvalue weighted by Gasteiger charge is -2.43. The second-order valence-electron chi connectivity index (χ2n) is 6.97. The molecule has 0 radical (unpaired) electrons. The third kappa shape index (κ3) is 4.91. The smallest absolute Gasteiger partial charge is 0.355 e. The standard InChI is InChI=1S/C18H18BrClN6O6S/c1-31-16-14(26-6-12(22-24-26)25-3-2-11(20)23-25)15(28)9(7-27)32-18(16)33-10-4-8(19)5-21-13(10)17(29)30/h2-6,9,14-16,18,27-28H,7H2,1H3,(H,29,30)/t9?,14-,15-,16?,18+/m0/s1. The lowest BCUT2D eigenvalue weighted by Crippen LogP contribution is -2.55. The maximum Gasteiger partial charge on any atom is 0.355 e. The van der Waals surface area contributed by atoms with Crippen LogP contribution < -0.4 is 0 Å². The van der Waals surface area contributed by atoms with E-state index in [0.29, 0.717) is 15.2 Å². The minimum absolute atomic E-state index is 0.163. The van der Waals surface area contributed by atoms with Crippen LogP contribution in [0.15, 0.2) is 40.1 Å². The van der Waals surface area contributed by atoms with Gasteiger partial charge in [-0.3, -0.25) is 0 Å². The molecule has 33 heavy (non-hydrogen) atoms. The number of hydrogen-bond acceptors (Lipinski definition) is 10. The summed E-state index contributed by atoms with van der Waals surface area (Å²) in [6.07, 6.45) is 1.54. The number of carbonyl (C=O) groups is 1. The first-order chi connectivity index (χ1) is 15.8. The van der Waals surface area contributed by atoms with Crippen molar-refractivity contribution in [1.82, 2.24) is 29.8 Å². The van der Waals surface area contributed by atoms with E-state index in [9.17, 15) is 20.1 Å². The fraction of sp³-hybridized carbons (Fsp3) is 0.389. The molecule has 5 atom stereocenters. The minimum Gasteiger partial charge on any atom is -0.476 e. The van der Waals surface area contributed by atoms with Gasteiger partial charge in [0.05, 0.1) is 12.8 Å². The Kier molecular flexibility index (Phi) is 7.33. The third-order valence-corrected chi connectivity index (χ3v) is 6.77. The van der Waals surface area contributed by atoms with Gasteiger partial charge in [0.25, 0.3) is 0 Å². The number of thioether (sulfide) groups is 1. The molecule has 0 saturated carbocycles. The molecule has 3 aromatic rings. The maximum atomic E-state index is 11.6. The molecule has 1 fully saturated rings. The average Bonchev–Trinajstić information content (AvgIpc) is 3.43. The molecule has 4 rings (SSSR count). The Hall–Kier alpha value is -2.07. The molecule has 0 spiro atoms. The van der Waals surface area contributed by atoms with Crippen molar-refractivity contribution in [2.45, 2.75) is 34.7 Å². The molecule has 3 N–H and O–H groups in total. The van der Waals surface area contributed by atoms with Crippen molar-refractivity contribution in [1.29, 1.82) is 0 Å². The van der Waals surface area contributed by atoms with E-state index in [2.05, 4.69) is 36.3 Å². The van der Waals surface area contributed by atoms with Crippen LogP contribution in [-0.2, 0) is 9.47 Å². The van der Waals surface area contributed by atoms with Crippen LogP contribution >= 0.6 is 39.3 Å². The molecule has 15 heteroatoms. The van der Waals surface area contributed by atoms with Gasteiger partial charge < -0.3 is 24.8 Å². The summed E-state index contributed by atoms with van der Waals surface area (Å²) in [5.41, 5.74) is -0.981. The van der Waals surface area contributed by atoms with Gasteiger partial charge in [0.1, 0.15) is 29.8 Å². The number of carboxylic acid groups (broad SMARTS) is 1. The highest BCUT2D eigenvalue weighted by molar-refractivity contribution is 9.10. The molecule has 3 aromatic heterocycles. The van der Waals surface area contributed by atoms with Crippen LogP contribution in [0.5, 0.6) is 0 Å². The number of aliphatic hydroxyl groups is 2. The van der Waals surface area contributed by atoms with Gasteiger partial charge in [-0.2, -0.15) is 5.10 Å². The number of nitrogens with zero attached hydrogens (tertiary/aromatic N) is 6. The number of methoxy groups -OCH3 is 1. The molecule has 2 unspecified atom stereocenters. The van der Waals surface area contributed by atoms with Crippen LogP contribution in [0, 0.1) is 0 Å². The summed E-state index contributed by atoms with van der Waals surface area (Å²) in [4.78, 5) is 15.9. The molecular weight excluding hydrogens is 544 g/mol. The van der Waals surface area contributed by atoms with Crippen molar-refractivity contribution in [2.75, 3.05) is 13.7 Å². The number of aromatic nitrogens is 6. The first-order valence-corrected chi connectivity index (χ1v) is 11.5. The Morgan fingerprint density at radius 2 is 2.24 bits per heavy atom. The summed E-state index contributed by atoms with van der Waals surface area (Å²) >= 11 is 10.2. The van der Waals surface area contributed by atoms with Gasteiger partial charge in [0.15, 0.2) is 16.7 Å². The van der Waals surface area contributed by atoms with Gasteiger partial charge in [-0.15, -0.1) is 5.10 Å². The van der Waals surface area contributed by atoms with Crippen molar-refractivity contribution in [2.24, 2.45) is 0 Å². The summed E-state index contributed by atoms with van der Waals surface area (Å²) in [6.45, 7) is -0.482. The van der Waals surface area contributed by atoms with Crippen molar-refractivity contribution in [3.63, 3.8) is 0 Å².